The van der Waals surface area contributed by atoms with Crippen LogP contribution in [0.25, 0.3) is 0 Å². The lowest BCUT2D eigenvalue weighted by molar-refractivity contribution is -0.142. The molecule has 0 aliphatic heterocycles. The molecule has 24 heteroatoms. The Hall–Kier alpha value is -8.16. The number of benzene rings is 4. The number of phenolic OH excluding ortho intramolecular Hbond substituents is 3. The number of carbonyl (C=O) groups is 8. The van der Waals surface area contributed by atoms with Crippen LogP contribution in [0.2, 0.25) is 0 Å². The van der Waals surface area contributed by atoms with E-state index < -0.39 is 108 Å². The van der Waals surface area contributed by atoms with Crippen molar-refractivity contribution in [1.82, 2.24) is 37.2 Å². The van der Waals surface area contributed by atoms with E-state index in [1.54, 1.807) is 30.3 Å². The summed E-state index contributed by atoms with van der Waals surface area (Å²) in [5.41, 5.74) is 18.3. The monoisotopic (exact) mass is 1040 g/mol. The second-order valence-electron chi connectivity index (χ2n) is 17.7. The molecule has 0 saturated carbocycles. The lowest BCUT2D eigenvalue weighted by Gasteiger charge is -2.29. The molecule has 19 N–H and O–H groups in total. The molecule has 0 heterocycles. The average Bonchev–Trinajstić information content (AvgIpc) is 3.38. The van der Waals surface area contributed by atoms with E-state index in [1.165, 1.54) is 79.7 Å². The van der Waals surface area contributed by atoms with Gasteiger partial charge in [-0.05, 0) is 111 Å². The number of rotatable bonds is 28. The fourth-order valence-electron chi connectivity index (χ4n) is 7.55. The van der Waals surface area contributed by atoms with Gasteiger partial charge in [0.15, 0.2) is 0 Å². The Bertz CT molecular complexity index is 2550. The topological polar surface area (TPSA) is 420 Å². The van der Waals surface area contributed by atoms with E-state index in [0.717, 1.165) is 6.92 Å². The molecule has 4 aromatic carbocycles. The lowest BCUT2D eigenvalue weighted by Crippen LogP contribution is -2.60. The van der Waals surface area contributed by atoms with Crippen LogP contribution in [-0.4, -0.2) is 133 Å². The van der Waals surface area contributed by atoms with E-state index in [-0.39, 0.29) is 73.6 Å². The van der Waals surface area contributed by atoms with Crippen LogP contribution in [0.5, 0.6) is 17.2 Å². The molecule has 0 fully saturated rings. The van der Waals surface area contributed by atoms with Gasteiger partial charge in [-0.2, -0.15) is 0 Å². The molecule has 0 radical (unpaired) electrons. The van der Waals surface area contributed by atoms with E-state index in [0.29, 0.717) is 11.1 Å². The van der Waals surface area contributed by atoms with Gasteiger partial charge in [-0.1, -0.05) is 66.7 Å². The highest BCUT2D eigenvalue weighted by molar-refractivity contribution is 5.98. The summed E-state index contributed by atoms with van der Waals surface area (Å²) in [6.07, 6.45) is -3.05. The van der Waals surface area contributed by atoms with Crippen molar-refractivity contribution in [2.45, 2.75) is 106 Å². The highest BCUT2D eigenvalue weighted by atomic mass is 16.4. The number of aliphatic carboxylic acids is 1. The summed E-state index contributed by atoms with van der Waals surface area (Å²) in [6, 6.07) is 11.0. The molecule has 404 valence electrons. The second kappa shape index (κ2) is 28.9. The third kappa shape index (κ3) is 18.1. The minimum Gasteiger partial charge on any atom is -0.508 e. The van der Waals surface area contributed by atoms with Crippen molar-refractivity contribution in [2.75, 3.05) is 13.1 Å². The third-order valence-electron chi connectivity index (χ3n) is 11.8. The zero-order chi connectivity index (χ0) is 55.4. The largest absolute Gasteiger partial charge is 0.508 e. The van der Waals surface area contributed by atoms with E-state index in [9.17, 15) is 69.0 Å². The van der Waals surface area contributed by atoms with Crippen molar-refractivity contribution in [1.29, 1.82) is 0 Å². The first-order chi connectivity index (χ1) is 35.6. The summed E-state index contributed by atoms with van der Waals surface area (Å²) in [4.78, 5) is 110. The standard InChI is InChI=1S/C51H66N10O14/c1-27(62)40(47(70)57-38(26-29-8-4-3-5-9-29)45(68)56-37(51(74)75)11-7-25-53)59-49(72)42(31-14-20-34(65)21-15-31)61-50(73)43(32-16-22-35(66)23-17-32)60-48(71)41(28(2)63)58-44(67)36(10-6-24-52)55-46(69)39(54)30-12-18-33(64)19-13-30/h3-5,8-9,12-23,27-28,36-43,62-66H,6-7,10-11,24-26,52-54H2,1-2H3,(H,55,69)(H,56,68)(H,57,70)(H,58,67)(H,59,72)(H,60,71)(H,61,73)(H,74,75)/t27-,28-,36+,37+,38+,39?,40+,41+,42?,43?/m1/s1. The number of aliphatic hydroxyl groups is 2. The van der Waals surface area contributed by atoms with E-state index in [4.69, 9.17) is 17.2 Å². The number of phenols is 3. The Balaban J connectivity index is 1.63. The van der Waals surface area contributed by atoms with Crippen LogP contribution in [0.3, 0.4) is 0 Å². The fraction of sp³-hybridized carbons (Fsp3) is 0.373. The Morgan fingerprint density at radius 1 is 0.453 bits per heavy atom. The average molecular weight is 1040 g/mol. The van der Waals surface area contributed by atoms with Gasteiger partial charge in [-0.25, -0.2) is 4.79 Å². The number of nitrogens with one attached hydrogen (secondary N) is 7. The maximum Gasteiger partial charge on any atom is 0.326 e. The molecular formula is C51H66N10O14. The first-order valence-electron chi connectivity index (χ1n) is 23.9. The van der Waals surface area contributed by atoms with Gasteiger partial charge in [0.2, 0.25) is 41.4 Å². The summed E-state index contributed by atoms with van der Waals surface area (Å²) in [6.45, 7) is 2.57. The Labute approximate surface area is 431 Å². The summed E-state index contributed by atoms with van der Waals surface area (Å²) in [7, 11) is 0. The number of amides is 7. The molecule has 0 aliphatic carbocycles. The zero-order valence-corrected chi connectivity index (χ0v) is 41.2. The van der Waals surface area contributed by atoms with Crippen molar-refractivity contribution in [3.05, 3.63) is 125 Å². The van der Waals surface area contributed by atoms with Crippen LogP contribution in [0.15, 0.2) is 103 Å². The summed E-state index contributed by atoms with van der Waals surface area (Å²) < 4.78 is 0. The van der Waals surface area contributed by atoms with Gasteiger partial charge in [0, 0.05) is 6.42 Å². The smallest absolute Gasteiger partial charge is 0.326 e. The number of carbonyl (C=O) groups excluding carboxylic acids is 7. The van der Waals surface area contributed by atoms with Gasteiger partial charge < -0.3 is 85.1 Å². The first kappa shape index (κ1) is 59.4. The van der Waals surface area contributed by atoms with Crippen LogP contribution in [0.1, 0.15) is 79.9 Å². The highest BCUT2D eigenvalue weighted by Crippen LogP contribution is 2.23. The molecule has 0 spiro atoms. The Morgan fingerprint density at radius 3 is 1.28 bits per heavy atom. The zero-order valence-electron chi connectivity index (χ0n) is 41.2. The normalized spacial score (nSPS) is 15.1. The van der Waals surface area contributed by atoms with Gasteiger partial charge in [-0.15, -0.1) is 0 Å². The predicted molar refractivity (Wildman–Crippen MR) is 270 cm³/mol. The van der Waals surface area contributed by atoms with Crippen LogP contribution in [0.4, 0.5) is 0 Å². The molecule has 24 nitrogen and oxygen atoms in total. The number of aromatic hydroxyl groups is 3. The molecule has 75 heavy (non-hydrogen) atoms. The molecule has 7 amide bonds. The van der Waals surface area contributed by atoms with Crippen molar-refractivity contribution in [3.63, 3.8) is 0 Å². The van der Waals surface area contributed by atoms with E-state index in [2.05, 4.69) is 37.2 Å². The number of carboxylic acids is 1. The third-order valence-corrected chi connectivity index (χ3v) is 11.8. The molecule has 4 rings (SSSR count). The SMILES string of the molecule is C[C@@H](O)[C@H](NC(=O)C(NC(=O)C(NC(=O)[C@@H](NC(=O)[C@H](CCCN)NC(=O)C(N)c1ccc(O)cc1)[C@@H](C)O)c1ccc(O)cc1)c1ccc(O)cc1)C(=O)N[C@@H](Cc1ccccc1)C(=O)N[C@@H](CCCN)C(=O)O. The number of aliphatic hydroxyl groups excluding tert-OH is 2. The van der Waals surface area contributed by atoms with Crippen LogP contribution >= 0.6 is 0 Å². The second-order valence-corrected chi connectivity index (χ2v) is 17.7. The van der Waals surface area contributed by atoms with E-state index in [1.807, 2.05) is 0 Å². The van der Waals surface area contributed by atoms with Crippen molar-refractivity contribution >= 4 is 47.3 Å². The minimum absolute atomic E-state index is 0.00234. The van der Waals surface area contributed by atoms with Gasteiger partial charge in [0.25, 0.3) is 0 Å². The molecule has 10 atom stereocenters. The molecule has 0 saturated heterocycles. The summed E-state index contributed by atoms with van der Waals surface area (Å²) >= 11 is 0. The molecule has 3 unspecified atom stereocenters. The van der Waals surface area contributed by atoms with Gasteiger partial charge in [-0.3, -0.25) is 33.6 Å². The molecular weight excluding hydrogens is 977 g/mol. The lowest BCUT2D eigenvalue weighted by atomic mass is 10.0. The minimum atomic E-state index is -1.84. The quantitative estimate of drug-likeness (QED) is 0.0308. The van der Waals surface area contributed by atoms with Gasteiger partial charge in [0.1, 0.15) is 65.6 Å². The maximum absolute atomic E-state index is 14.6. The van der Waals surface area contributed by atoms with E-state index >= 15 is 0 Å². The number of hydrogen-bond acceptors (Lipinski definition) is 16. The molecule has 0 aromatic heterocycles. The number of carboxylic acid groups (broad SMARTS) is 1. The van der Waals surface area contributed by atoms with Crippen LogP contribution in [-0.2, 0) is 44.8 Å². The predicted octanol–water partition coefficient (Wildman–Crippen LogP) is -1.49. The van der Waals surface area contributed by atoms with Crippen LogP contribution in [0, 0.1) is 0 Å². The molecule has 4 aromatic rings. The molecule has 0 aliphatic rings. The van der Waals surface area contributed by atoms with Crippen molar-refractivity contribution < 1.29 is 69.0 Å². The number of hydrogen-bond donors (Lipinski definition) is 16. The fourth-order valence-corrected chi connectivity index (χ4v) is 7.55. The summed E-state index contributed by atoms with van der Waals surface area (Å²) in [5, 5.41) is 78.7. The van der Waals surface area contributed by atoms with Crippen molar-refractivity contribution in [2.24, 2.45) is 17.2 Å². The maximum atomic E-state index is 14.6. The Morgan fingerprint density at radius 2 is 0.827 bits per heavy atom. The molecule has 0 bridgehead atoms. The van der Waals surface area contributed by atoms with Gasteiger partial charge in [0.05, 0.1) is 12.2 Å². The highest BCUT2D eigenvalue weighted by Gasteiger charge is 2.37. The van der Waals surface area contributed by atoms with Gasteiger partial charge >= 0.3 is 5.97 Å². The van der Waals surface area contributed by atoms with Crippen molar-refractivity contribution in [3.8, 4) is 17.2 Å². The number of nitrogens with two attached hydrogens (primary N) is 3. The van der Waals surface area contributed by atoms with Crippen LogP contribution < -0.4 is 54.4 Å². The summed E-state index contributed by atoms with van der Waals surface area (Å²) in [5.74, 6) is -9.03. The first-order valence-corrected chi connectivity index (χ1v) is 23.9. The Kier molecular flexibility index (Phi) is 22.9.